The summed E-state index contributed by atoms with van der Waals surface area (Å²) in [5, 5.41) is 3.92. The van der Waals surface area contributed by atoms with Gasteiger partial charge < -0.3 is 19.9 Å². The van der Waals surface area contributed by atoms with Gasteiger partial charge in [0.25, 0.3) is 0 Å². The molecule has 0 spiro atoms. The molecule has 1 saturated heterocycles. The molecule has 29 heavy (non-hydrogen) atoms. The molecule has 8 heteroatoms. The van der Waals surface area contributed by atoms with Crippen LogP contribution in [-0.2, 0) is 11.2 Å². The van der Waals surface area contributed by atoms with Crippen molar-refractivity contribution in [2.45, 2.75) is 39.2 Å². The summed E-state index contributed by atoms with van der Waals surface area (Å²) in [6.07, 6.45) is 2.64. The summed E-state index contributed by atoms with van der Waals surface area (Å²) >= 11 is 1.39. The van der Waals surface area contributed by atoms with Crippen molar-refractivity contribution < 1.29 is 14.3 Å². The van der Waals surface area contributed by atoms with E-state index in [1.807, 2.05) is 30.0 Å². The lowest BCUT2D eigenvalue weighted by Crippen LogP contribution is -2.48. The van der Waals surface area contributed by atoms with Gasteiger partial charge in [0.05, 0.1) is 12.3 Å². The Morgan fingerprint density at radius 1 is 1.28 bits per heavy atom. The normalized spacial score (nSPS) is 17.5. The Bertz CT molecular complexity index is 905. The Hall–Kier alpha value is -2.61. The minimum atomic E-state index is -0.301. The van der Waals surface area contributed by atoms with E-state index >= 15 is 0 Å². The molecule has 0 saturated carbocycles. The number of ether oxygens (including phenoxy) is 1. The van der Waals surface area contributed by atoms with E-state index in [9.17, 15) is 9.59 Å². The summed E-state index contributed by atoms with van der Waals surface area (Å²) in [6, 6.07) is 8.21. The summed E-state index contributed by atoms with van der Waals surface area (Å²) in [5.74, 6) is -0.301. The predicted octanol–water partition coefficient (Wildman–Crippen LogP) is 3.69. The zero-order valence-corrected chi connectivity index (χ0v) is 17.6. The maximum Gasteiger partial charge on any atom is 0.350 e. The molecule has 0 aliphatic carbocycles. The number of carbonyl (C=O) groups excluding carboxylic acids is 2. The average molecular weight is 415 g/mol. The van der Waals surface area contributed by atoms with Crippen LogP contribution in [0.2, 0.25) is 0 Å². The molecule has 3 heterocycles. The molecule has 2 amide bonds. The van der Waals surface area contributed by atoms with Gasteiger partial charge >= 0.3 is 12.0 Å². The maximum absolute atomic E-state index is 12.8. The SMILES string of the molecule is CCOC(=O)c1sc(N2CCC(N3CCc4ccccc4NC3=O)CC2)nc1C. The second-order valence-electron chi connectivity index (χ2n) is 7.38. The van der Waals surface area contributed by atoms with Crippen molar-refractivity contribution in [2.24, 2.45) is 0 Å². The lowest BCUT2D eigenvalue weighted by molar-refractivity contribution is 0.0531. The fraction of sp³-hybridized carbons (Fsp3) is 0.476. The van der Waals surface area contributed by atoms with E-state index < -0.39 is 0 Å². The molecule has 2 aliphatic rings. The van der Waals surface area contributed by atoms with E-state index in [1.54, 1.807) is 6.92 Å². The Morgan fingerprint density at radius 2 is 2.03 bits per heavy atom. The van der Waals surface area contributed by atoms with Gasteiger partial charge in [0.2, 0.25) is 0 Å². The summed E-state index contributed by atoms with van der Waals surface area (Å²) < 4.78 is 5.12. The van der Waals surface area contributed by atoms with Crippen LogP contribution in [0.3, 0.4) is 0 Å². The number of para-hydroxylation sites is 1. The number of piperidine rings is 1. The lowest BCUT2D eigenvalue weighted by Gasteiger charge is -2.37. The molecule has 0 radical (unpaired) electrons. The van der Waals surface area contributed by atoms with Crippen LogP contribution in [0.1, 0.15) is 40.7 Å². The number of esters is 1. The van der Waals surface area contributed by atoms with Gasteiger partial charge in [-0.2, -0.15) is 0 Å². The summed E-state index contributed by atoms with van der Waals surface area (Å²) in [6.45, 7) is 6.37. The Balaban J connectivity index is 1.39. The van der Waals surface area contributed by atoms with Gasteiger partial charge in [-0.25, -0.2) is 14.6 Å². The number of hydrogen-bond donors (Lipinski definition) is 1. The van der Waals surface area contributed by atoms with Crippen LogP contribution in [0.5, 0.6) is 0 Å². The van der Waals surface area contributed by atoms with Gasteiger partial charge in [0.1, 0.15) is 4.88 Å². The van der Waals surface area contributed by atoms with Crippen LogP contribution in [0.25, 0.3) is 0 Å². The number of nitrogens with one attached hydrogen (secondary N) is 1. The standard InChI is InChI=1S/C21H26N4O3S/c1-3-28-19(26)18-14(2)22-21(29-18)24-11-9-16(10-12-24)25-13-8-15-6-4-5-7-17(15)23-20(25)27/h4-7,16H,3,8-13H2,1-2H3,(H,23,27). The lowest BCUT2D eigenvalue weighted by atomic mass is 10.0. The first-order chi connectivity index (χ1) is 14.1. The predicted molar refractivity (Wildman–Crippen MR) is 114 cm³/mol. The fourth-order valence-electron chi connectivity index (χ4n) is 4.01. The summed E-state index contributed by atoms with van der Waals surface area (Å²) in [7, 11) is 0. The Labute approximate surface area is 174 Å². The van der Waals surface area contributed by atoms with Gasteiger partial charge in [0.15, 0.2) is 5.13 Å². The number of aryl methyl sites for hydroxylation is 1. The average Bonchev–Trinajstić information content (AvgIpc) is 3.03. The molecule has 7 nitrogen and oxygen atoms in total. The highest BCUT2D eigenvalue weighted by Crippen LogP contribution is 2.31. The Morgan fingerprint density at radius 3 is 2.79 bits per heavy atom. The quantitative estimate of drug-likeness (QED) is 0.773. The molecular formula is C21H26N4O3S. The number of thiazole rings is 1. The topological polar surface area (TPSA) is 74.8 Å². The van der Waals surface area contributed by atoms with E-state index in [2.05, 4.69) is 21.3 Å². The zero-order chi connectivity index (χ0) is 20.4. The molecule has 2 aromatic rings. The van der Waals surface area contributed by atoms with E-state index in [-0.39, 0.29) is 18.0 Å². The minimum absolute atomic E-state index is 0.0110. The minimum Gasteiger partial charge on any atom is -0.462 e. The number of nitrogens with zero attached hydrogens (tertiary/aromatic N) is 3. The molecule has 0 unspecified atom stereocenters. The van der Waals surface area contributed by atoms with Crippen LogP contribution in [0.15, 0.2) is 24.3 Å². The van der Waals surface area contributed by atoms with Gasteiger partial charge in [-0.3, -0.25) is 0 Å². The highest BCUT2D eigenvalue weighted by atomic mass is 32.1. The smallest absolute Gasteiger partial charge is 0.350 e. The molecule has 1 fully saturated rings. The van der Waals surface area contributed by atoms with Crippen LogP contribution in [0, 0.1) is 6.92 Å². The van der Waals surface area contributed by atoms with Gasteiger partial charge in [0, 0.05) is 31.4 Å². The van der Waals surface area contributed by atoms with E-state index in [0.717, 1.165) is 55.4 Å². The number of aromatic nitrogens is 1. The van der Waals surface area contributed by atoms with Crippen molar-refractivity contribution in [3.8, 4) is 0 Å². The van der Waals surface area contributed by atoms with Crippen molar-refractivity contribution in [2.75, 3.05) is 36.5 Å². The molecule has 0 atom stereocenters. The first-order valence-corrected chi connectivity index (χ1v) is 10.9. The van der Waals surface area contributed by atoms with E-state index in [0.29, 0.717) is 11.5 Å². The van der Waals surface area contributed by atoms with Crippen LogP contribution >= 0.6 is 11.3 Å². The molecule has 1 aromatic heterocycles. The number of benzene rings is 1. The molecule has 2 aliphatic heterocycles. The summed E-state index contributed by atoms with van der Waals surface area (Å²) in [5.41, 5.74) is 2.82. The summed E-state index contributed by atoms with van der Waals surface area (Å²) in [4.78, 5) is 34.2. The van der Waals surface area contributed by atoms with Gasteiger partial charge in [-0.15, -0.1) is 0 Å². The van der Waals surface area contributed by atoms with Crippen molar-refractivity contribution in [3.05, 3.63) is 40.4 Å². The number of fused-ring (bicyclic) bond motifs is 1. The maximum atomic E-state index is 12.8. The molecular weight excluding hydrogens is 388 g/mol. The zero-order valence-electron chi connectivity index (χ0n) is 16.8. The first-order valence-electron chi connectivity index (χ1n) is 10.1. The van der Waals surface area contributed by atoms with Gasteiger partial charge in [-0.1, -0.05) is 29.5 Å². The molecule has 1 aromatic carbocycles. The molecule has 154 valence electrons. The third-order valence-corrected chi connectivity index (χ3v) is 6.76. The number of anilines is 2. The fourth-order valence-corrected chi connectivity index (χ4v) is 5.02. The van der Waals surface area contributed by atoms with Crippen LogP contribution in [0.4, 0.5) is 15.6 Å². The number of hydrogen-bond acceptors (Lipinski definition) is 6. The highest BCUT2D eigenvalue weighted by molar-refractivity contribution is 7.17. The Kier molecular flexibility index (Phi) is 5.71. The number of carbonyl (C=O) groups is 2. The van der Waals surface area contributed by atoms with Gasteiger partial charge in [-0.05, 0) is 44.7 Å². The van der Waals surface area contributed by atoms with Crippen molar-refractivity contribution in [1.82, 2.24) is 9.88 Å². The number of rotatable bonds is 4. The molecule has 4 rings (SSSR count). The first kappa shape index (κ1) is 19.7. The van der Waals surface area contributed by atoms with E-state index in [4.69, 9.17) is 4.74 Å². The van der Waals surface area contributed by atoms with E-state index in [1.165, 1.54) is 16.9 Å². The largest absolute Gasteiger partial charge is 0.462 e. The molecule has 1 N–H and O–H groups in total. The van der Waals surface area contributed by atoms with Crippen molar-refractivity contribution in [1.29, 1.82) is 0 Å². The number of urea groups is 1. The second kappa shape index (κ2) is 8.41. The second-order valence-corrected chi connectivity index (χ2v) is 8.36. The third-order valence-electron chi connectivity index (χ3n) is 5.56. The van der Waals surface area contributed by atoms with Crippen LogP contribution in [-0.4, -0.2) is 54.2 Å². The highest BCUT2D eigenvalue weighted by Gasteiger charge is 2.31. The third kappa shape index (κ3) is 4.07. The van der Waals surface area contributed by atoms with Crippen molar-refractivity contribution in [3.63, 3.8) is 0 Å². The van der Waals surface area contributed by atoms with Crippen molar-refractivity contribution >= 4 is 34.2 Å². The molecule has 0 bridgehead atoms. The van der Waals surface area contributed by atoms with Crippen LogP contribution < -0.4 is 10.2 Å². The monoisotopic (exact) mass is 414 g/mol. The number of amides is 2.